The number of carboxylic acid groups (broad SMARTS) is 1. The maximum Gasteiger partial charge on any atom is 0.332 e. The zero-order valence-electron chi connectivity index (χ0n) is 10.4. The molecule has 0 radical (unpaired) electrons. The quantitative estimate of drug-likeness (QED) is 0.599. The van der Waals surface area contributed by atoms with Gasteiger partial charge in [0.2, 0.25) is 11.8 Å². The summed E-state index contributed by atoms with van der Waals surface area (Å²) in [4.78, 5) is 33.6. The van der Waals surface area contributed by atoms with Crippen LogP contribution in [0.25, 0.3) is 0 Å². The van der Waals surface area contributed by atoms with E-state index in [1.165, 1.54) is 0 Å². The summed E-state index contributed by atoms with van der Waals surface area (Å²) >= 11 is 0. The Morgan fingerprint density at radius 1 is 1.28 bits per heavy atom. The molecule has 0 aromatic heterocycles. The van der Waals surface area contributed by atoms with E-state index < -0.39 is 36.0 Å². The summed E-state index contributed by atoms with van der Waals surface area (Å²) in [7, 11) is 0. The number of aliphatic carboxylic acids is 1. The average Bonchev–Trinajstić information content (AvgIpc) is 2.73. The van der Waals surface area contributed by atoms with Crippen LogP contribution in [0.5, 0.6) is 0 Å². The Labute approximate surface area is 105 Å². The molecule has 0 saturated carbocycles. The van der Waals surface area contributed by atoms with Crippen molar-refractivity contribution in [3.63, 3.8) is 0 Å². The second kappa shape index (κ2) is 5.81. The Morgan fingerprint density at radius 2 is 1.83 bits per heavy atom. The molecule has 3 atom stereocenters. The SMILES string of the molecule is CC(C)C(NC(=O)C1CCC(C(=O)O)O1)C(N)=O. The summed E-state index contributed by atoms with van der Waals surface area (Å²) in [6.45, 7) is 3.51. The Morgan fingerprint density at radius 3 is 2.22 bits per heavy atom. The van der Waals surface area contributed by atoms with Crippen LogP contribution in [0.3, 0.4) is 0 Å². The molecule has 0 spiro atoms. The molecule has 7 heteroatoms. The van der Waals surface area contributed by atoms with Crippen LogP contribution in [0.2, 0.25) is 0 Å². The van der Waals surface area contributed by atoms with Crippen LogP contribution in [0.1, 0.15) is 26.7 Å². The van der Waals surface area contributed by atoms with Crippen LogP contribution in [0.15, 0.2) is 0 Å². The molecule has 7 nitrogen and oxygen atoms in total. The van der Waals surface area contributed by atoms with Gasteiger partial charge in [0.15, 0.2) is 6.10 Å². The van der Waals surface area contributed by atoms with Gasteiger partial charge in [0.25, 0.3) is 0 Å². The standard InChI is InChI=1S/C11H18N2O5/c1-5(2)8(9(12)14)13-10(15)6-3-4-7(18-6)11(16)17/h5-8H,3-4H2,1-2H3,(H2,12,14)(H,13,15)(H,16,17). The van der Waals surface area contributed by atoms with Crippen molar-refractivity contribution in [1.82, 2.24) is 5.32 Å². The van der Waals surface area contributed by atoms with Crippen molar-refractivity contribution in [3.05, 3.63) is 0 Å². The predicted octanol–water partition coefficient (Wildman–Crippen LogP) is -0.755. The number of primary amides is 1. The number of amides is 2. The largest absolute Gasteiger partial charge is 0.479 e. The van der Waals surface area contributed by atoms with Gasteiger partial charge in [0.1, 0.15) is 12.1 Å². The van der Waals surface area contributed by atoms with E-state index in [2.05, 4.69) is 5.32 Å². The smallest absolute Gasteiger partial charge is 0.332 e. The molecule has 1 aliphatic heterocycles. The Balaban J connectivity index is 2.56. The molecule has 1 aliphatic rings. The first-order chi connectivity index (χ1) is 8.32. The molecule has 3 unspecified atom stereocenters. The molecule has 18 heavy (non-hydrogen) atoms. The number of carbonyl (C=O) groups excluding carboxylic acids is 2. The van der Waals surface area contributed by atoms with Crippen molar-refractivity contribution in [2.24, 2.45) is 11.7 Å². The van der Waals surface area contributed by atoms with Crippen LogP contribution >= 0.6 is 0 Å². The van der Waals surface area contributed by atoms with Gasteiger partial charge in [0.05, 0.1) is 0 Å². The molecule has 1 heterocycles. The summed E-state index contributed by atoms with van der Waals surface area (Å²) in [5.74, 6) is -2.33. The molecule has 1 fully saturated rings. The van der Waals surface area contributed by atoms with Crippen LogP contribution in [0.4, 0.5) is 0 Å². The number of nitrogens with two attached hydrogens (primary N) is 1. The van der Waals surface area contributed by atoms with Crippen LogP contribution in [0, 0.1) is 5.92 Å². The second-order valence-corrected chi connectivity index (χ2v) is 4.66. The van der Waals surface area contributed by atoms with E-state index in [-0.39, 0.29) is 12.3 Å². The summed E-state index contributed by atoms with van der Waals surface area (Å²) in [5, 5.41) is 11.2. The molecule has 0 aliphatic carbocycles. The molecule has 102 valence electrons. The number of hydrogen-bond acceptors (Lipinski definition) is 4. The minimum Gasteiger partial charge on any atom is -0.479 e. The van der Waals surface area contributed by atoms with Crippen molar-refractivity contribution in [2.45, 2.75) is 44.9 Å². The molecular formula is C11H18N2O5. The third-order valence-electron chi connectivity index (χ3n) is 2.86. The number of nitrogens with one attached hydrogen (secondary N) is 1. The van der Waals surface area contributed by atoms with E-state index in [1.54, 1.807) is 13.8 Å². The monoisotopic (exact) mass is 258 g/mol. The fraction of sp³-hybridized carbons (Fsp3) is 0.727. The van der Waals surface area contributed by atoms with E-state index in [4.69, 9.17) is 15.6 Å². The van der Waals surface area contributed by atoms with Gasteiger partial charge >= 0.3 is 5.97 Å². The topological polar surface area (TPSA) is 119 Å². The van der Waals surface area contributed by atoms with Crippen molar-refractivity contribution in [2.75, 3.05) is 0 Å². The Kier molecular flexibility index (Phi) is 4.66. The first-order valence-electron chi connectivity index (χ1n) is 5.81. The van der Waals surface area contributed by atoms with Gasteiger partial charge in [-0.05, 0) is 18.8 Å². The number of carbonyl (C=O) groups is 3. The molecule has 1 rings (SSSR count). The summed E-state index contributed by atoms with van der Waals surface area (Å²) in [6.07, 6.45) is -1.17. The molecular weight excluding hydrogens is 240 g/mol. The van der Waals surface area contributed by atoms with Gasteiger partial charge in [-0.1, -0.05) is 13.8 Å². The molecule has 0 aromatic rings. The Hall–Kier alpha value is -1.63. The number of rotatable bonds is 5. The van der Waals surface area contributed by atoms with E-state index in [0.29, 0.717) is 6.42 Å². The molecule has 2 amide bonds. The van der Waals surface area contributed by atoms with E-state index in [1.807, 2.05) is 0 Å². The average molecular weight is 258 g/mol. The lowest BCUT2D eigenvalue weighted by Gasteiger charge is -2.21. The molecule has 0 aromatic carbocycles. The van der Waals surface area contributed by atoms with Crippen LogP contribution < -0.4 is 11.1 Å². The summed E-state index contributed by atoms with van der Waals surface area (Å²) < 4.78 is 5.08. The molecule has 1 saturated heterocycles. The van der Waals surface area contributed by atoms with Gasteiger partial charge in [0, 0.05) is 0 Å². The third-order valence-corrected chi connectivity index (χ3v) is 2.86. The van der Waals surface area contributed by atoms with Gasteiger partial charge in [-0.3, -0.25) is 9.59 Å². The predicted molar refractivity (Wildman–Crippen MR) is 61.5 cm³/mol. The first kappa shape index (κ1) is 14.4. The highest BCUT2D eigenvalue weighted by atomic mass is 16.5. The number of ether oxygens (including phenoxy) is 1. The normalized spacial score (nSPS) is 24.8. The lowest BCUT2D eigenvalue weighted by atomic mass is 10.0. The van der Waals surface area contributed by atoms with Crippen molar-refractivity contribution < 1.29 is 24.2 Å². The van der Waals surface area contributed by atoms with Crippen LogP contribution in [-0.4, -0.2) is 41.1 Å². The Bertz CT molecular complexity index is 355. The zero-order valence-corrected chi connectivity index (χ0v) is 10.4. The minimum absolute atomic E-state index is 0.136. The molecule has 0 bridgehead atoms. The number of hydrogen-bond donors (Lipinski definition) is 3. The van der Waals surface area contributed by atoms with Crippen LogP contribution in [-0.2, 0) is 19.1 Å². The zero-order chi connectivity index (χ0) is 13.9. The second-order valence-electron chi connectivity index (χ2n) is 4.66. The van der Waals surface area contributed by atoms with Gasteiger partial charge < -0.3 is 20.9 Å². The minimum atomic E-state index is -1.08. The van der Waals surface area contributed by atoms with Crippen molar-refractivity contribution in [3.8, 4) is 0 Å². The van der Waals surface area contributed by atoms with Crippen molar-refractivity contribution >= 4 is 17.8 Å². The maximum atomic E-state index is 11.8. The van der Waals surface area contributed by atoms with Crippen molar-refractivity contribution in [1.29, 1.82) is 0 Å². The van der Waals surface area contributed by atoms with E-state index in [9.17, 15) is 14.4 Å². The lowest BCUT2D eigenvalue weighted by molar-refractivity contribution is -0.152. The van der Waals surface area contributed by atoms with E-state index >= 15 is 0 Å². The highest BCUT2D eigenvalue weighted by molar-refractivity contribution is 5.89. The van der Waals surface area contributed by atoms with Gasteiger partial charge in [-0.2, -0.15) is 0 Å². The first-order valence-corrected chi connectivity index (χ1v) is 5.81. The summed E-state index contributed by atoms with van der Waals surface area (Å²) in [5.41, 5.74) is 5.17. The number of carboxylic acids is 1. The maximum absolute atomic E-state index is 11.8. The molecule has 4 N–H and O–H groups in total. The fourth-order valence-electron chi connectivity index (χ4n) is 1.82. The lowest BCUT2D eigenvalue weighted by Crippen LogP contribution is -2.50. The fourth-order valence-corrected chi connectivity index (χ4v) is 1.82. The highest BCUT2D eigenvalue weighted by Crippen LogP contribution is 2.20. The van der Waals surface area contributed by atoms with E-state index in [0.717, 1.165) is 0 Å². The highest BCUT2D eigenvalue weighted by Gasteiger charge is 2.36. The van der Waals surface area contributed by atoms with Gasteiger partial charge in [-0.25, -0.2) is 4.79 Å². The third kappa shape index (κ3) is 3.43. The summed E-state index contributed by atoms with van der Waals surface area (Å²) in [6, 6.07) is -0.773. The van der Waals surface area contributed by atoms with Gasteiger partial charge in [-0.15, -0.1) is 0 Å².